The largest absolute Gasteiger partial charge is 0.436 e. The van der Waals surface area contributed by atoms with Gasteiger partial charge in [-0.3, -0.25) is 4.79 Å². The highest BCUT2D eigenvalue weighted by atomic mass is 16.3. The van der Waals surface area contributed by atoms with Crippen LogP contribution in [0.1, 0.15) is 6.92 Å². The Balaban J connectivity index is 1.67. The van der Waals surface area contributed by atoms with E-state index in [1.807, 2.05) is 35.8 Å². The number of piperazine rings is 1. The van der Waals surface area contributed by atoms with E-state index < -0.39 is 0 Å². The molecule has 1 aromatic carbocycles. The first-order chi connectivity index (χ1) is 13.7. The van der Waals surface area contributed by atoms with Crippen molar-refractivity contribution in [2.75, 3.05) is 31.1 Å². The van der Waals surface area contributed by atoms with Crippen LogP contribution in [-0.4, -0.2) is 45.7 Å². The van der Waals surface area contributed by atoms with Gasteiger partial charge >= 0.3 is 0 Å². The van der Waals surface area contributed by atoms with Crippen LogP contribution in [0.15, 0.2) is 45.9 Å². The predicted molar refractivity (Wildman–Crippen MR) is 108 cm³/mol. The van der Waals surface area contributed by atoms with E-state index in [4.69, 9.17) is 9.40 Å². The lowest BCUT2D eigenvalue weighted by atomic mass is 10.2. The maximum absolute atomic E-state index is 13.1. The van der Waals surface area contributed by atoms with Gasteiger partial charge in [-0.25, -0.2) is 9.97 Å². The van der Waals surface area contributed by atoms with Crippen LogP contribution in [0.5, 0.6) is 0 Å². The van der Waals surface area contributed by atoms with Crippen LogP contribution in [0.2, 0.25) is 0 Å². The third kappa shape index (κ3) is 2.73. The Kier molecular flexibility index (Phi) is 4.05. The maximum Gasteiger partial charge on any atom is 0.232 e. The number of hydrogen-bond donors (Lipinski definition) is 1. The molecule has 5 rings (SSSR count). The standard InChI is InChI=1S/C20H20N6O2/c1-2-25-12-14(19-23-15-5-3-4-6-16(15)28-19)17(27)13-11-22-20(24-18(13)25)26-9-7-21-8-10-26/h3-6,11-12,21H,2,7-10H2,1H3. The molecule has 8 heteroatoms. The van der Waals surface area contributed by atoms with Crippen molar-refractivity contribution in [2.24, 2.45) is 0 Å². The van der Waals surface area contributed by atoms with E-state index in [9.17, 15) is 4.79 Å². The summed E-state index contributed by atoms with van der Waals surface area (Å²) in [6.07, 6.45) is 3.41. The molecule has 28 heavy (non-hydrogen) atoms. The first kappa shape index (κ1) is 16.9. The minimum Gasteiger partial charge on any atom is -0.436 e. The van der Waals surface area contributed by atoms with Crippen LogP contribution >= 0.6 is 0 Å². The number of oxazole rings is 1. The van der Waals surface area contributed by atoms with Gasteiger partial charge in [-0.2, -0.15) is 4.98 Å². The van der Waals surface area contributed by atoms with E-state index in [0.717, 1.165) is 31.7 Å². The van der Waals surface area contributed by atoms with Crippen molar-refractivity contribution in [3.05, 3.63) is 46.9 Å². The number of benzene rings is 1. The molecule has 4 heterocycles. The lowest BCUT2D eigenvalue weighted by Crippen LogP contribution is -2.44. The van der Waals surface area contributed by atoms with Crippen LogP contribution in [0.3, 0.4) is 0 Å². The number of anilines is 1. The summed E-state index contributed by atoms with van der Waals surface area (Å²) >= 11 is 0. The summed E-state index contributed by atoms with van der Waals surface area (Å²) < 4.78 is 7.77. The lowest BCUT2D eigenvalue weighted by molar-refractivity contribution is 0.580. The number of nitrogens with zero attached hydrogens (tertiary/aromatic N) is 5. The summed E-state index contributed by atoms with van der Waals surface area (Å²) in [5.41, 5.74) is 2.27. The van der Waals surface area contributed by atoms with E-state index in [1.165, 1.54) is 0 Å². The minimum atomic E-state index is -0.168. The zero-order valence-electron chi connectivity index (χ0n) is 15.6. The molecule has 1 saturated heterocycles. The monoisotopic (exact) mass is 376 g/mol. The highest BCUT2D eigenvalue weighted by Crippen LogP contribution is 2.24. The average molecular weight is 376 g/mol. The molecule has 8 nitrogen and oxygen atoms in total. The molecular weight excluding hydrogens is 356 g/mol. The van der Waals surface area contributed by atoms with Gasteiger partial charge < -0.3 is 19.2 Å². The van der Waals surface area contributed by atoms with E-state index >= 15 is 0 Å². The van der Waals surface area contributed by atoms with Gasteiger partial charge in [-0.1, -0.05) is 12.1 Å². The molecule has 1 fully saturated rings. The van der Waals surface area contributed by atoms with Gasteiger partial charge in [0.2, 0.25) is 17.3 Å². The third-order valence-electron chi connectivity index (χ3n) is 5.07. The average Bonchev–Trinajstić information content (AvgIpc) is 3.18. The van der Waals surface area contributed by atoms with Crippen LogP contribution in [0.25, 0.3) is 33.6 Å². The second-order valence-electron chi connectivity index (χ2n) is 6.79. The molecule has 0 spiro atoms. The number of rotatable bonds is 3. The normalized spacial score (nSPS) is 14.8. The summed E-state index contributed by atoms with van der Waals surface area (Å²) in [4.78, 5) is 28.9. The van der Waals surface area contributed by atoms with Crippen molar-refractivity contribution < 1.29 is 4.42 Å². The van der Waals surface area contributed by atoms with Gasteiger partial charge in [-0.15, -0.1) is 0 Å². The SMILES string of the molecule is CCn1cc(-c2nc3ccccc3o2)c(=O)c2cnc(N3CCNCC3)nc21. The quantitative estimate of drug-likeness (QED) is 0.585. The van der Waals surface area contributed by atoms with Gasteiger partial charge in [0.1, 0.15) is 16.7 Å². The second-order valence-corrected chi connectivity index (χ2v) is 6.79. The zero-order chi connectivity index (χ0) is 19.1. The fourth-order valence-corrected chi connectivity index (χ4v) is 3.56. The molecular formula is C20H20N6O2. The van der Waals surface area contributed by atoms with Crippen molar-refractivity contribution in [2.45, 2.75) is 13.5 Å². The summed E-state index contributed by atoms with van der Waals surface area (Å²) in [5.74, 6) is 0.978. The van der Waals surface area contributed by atoms with Crippen molar-refractivity contribution in [3.8, 4) is 11.5 Å². The fraction of sp³-hybridized carbons (Fsp3) is 0.300. The summed E-state index contributed by atoms with van der Waals surface area (Å²) in [7, 11) is 0. The lowest BCUT2D eigenvalue weighted by Gasteiger charge is -2.27. The Hall–Kier alpha value is -3.26. The molecule has 0 unspecified atom stereocenters. The Bertz CT molecular complexity index is 1190. The fourth-order valence-electron chi connectivity index (χ4n) is 3.56. The predicted octanol–water partition coefficient (Wildman–Crippen LogP) is 2.03. The molecule has 0 saturated carbocycles. The third-order valence-corrected chi connectivity index (χ3v) is 5.07. The van der Waals surface area contributed by atoms with Crippen molar-refractivity contribution in [1.82, 2.24) is 24.8 Å². The van der Waals surface area contributed by atoms with E-state index in [1.54, 1.807) is 12.4 Å². The number of fused-ring (bicyclic) bond motifs is 2. The number of nitrogens with one attached hydrogen (secondary N) is 1. The number of para-hydroxylation sites is 2. The molecule has 4 aromatic rings. The first-order valence-electron chi connectivity index (χ1n) is 9.46. The van der Waals surface area contributed by atoms with E-state index in [0.29, 0.717) is 40.6 Å². The van der Waals surface area contributed by atoms with Crippen molar-refractivity contribution >= 4 is 28.1 Å². The van der Waals surface area contributed by atoms with Crippen LogP contribution in [0.4, 0.5) is 5.95 Å². The molecule has 0 bridgehead atoms. The van der Waals surface area contributed by atoms with Gasteiger partial charge in [-0.05, 0) is 19.1 Å². The van der Waals surface area contributed by atoms with E-state index in [-0.39, 0.29) is 5.43 Å². The van der Waals surface area contributed by atoms with Crippen LogP contribution < -0.4 is 15.6 Å². The molecule has 0 aliphatic carbocycles. The number of aromatic nitrogens is 4. The van der Waals surface area contributed by atoms with Crippen LogP contribution in [-0.2, 0) is 6.54 Å². The highest BCUT2D eigenvalue weighted by molar-refractivity contribution is 5.82. The molecule has 0 amide bonds. The maximum atomic E-state index is 13.1. The molecule has 3 aromatic heterocycles. The molecule has 1 N–H and O–H groups in total. The Morgan fingerprint density at radius 3 is 2.79 bits per heavy atom. The zero-order valence-corrected chi connectivity index (χ0v) is 15.6. The molecule has 0 atom stereocenters. The van der Waals surface area contributed by atoms with Gasteiger partial charge in [0, 0.05) is 45.1 Å². The molecule has 1 aliphatic rings. The Morgan fingerprint density at radius 1 is 1.18 bits per heavy atom. The van der Waals surface area contributed by atoms with Crippen molar-refractivity contribution in [1.29, 1.82) is 0 Å². The summed E-state index contributed by atoms with van der Waals surface area (Å²) in [6.45, 7) is 6.19. The van der Waals surface area contributed by atoms with E-state index in [2.05, 4.69) is 20.2 Å². The number of pyridine rings is 1. The molecule has 0 radical (unpaired) electrons. The topological polar surface area (TPSA) is 89.1 Å². The summed E-state index contributed by atoms with van der Waals surface area (Å²) in [5, 5.41) is 3.79. The second kappa shape index (κ2) is 6.72. The smallest absolute Gasteiger partial charge is 0.232 e. The minimum absolute atomic E-state index is 0.168. The Labute approximate surface area is 160 Å². The molecule has 142 valence electrons. The van der Waals surface area contributed by atoms with Crippen molar-refractivity contribution in [3.63, 3.8) is 0 Å². The number of hydrogen-bond acceptors (Lipinski definition) is 7. The number of aryl methyl sites for hydroxylation is 1. The summed E-state index contributed by atoms with van der Waals surface area (Å²) in [6, 6.07) is 7.48. The molecule has 1 aliphatic heterocycles. The highest BCUT2D eigenvalue weighted by Gasteiger charge is 2.19. The Morgan fingerprint density at radius 2 is 2.00 bits per heavy atom. The van der Waals surface area contributed by atoms with Gasteiger partial charge in [0.15, 0.2) is 5.58 Å². The van der Waals surface area contributed by atoms with Gasteiger partial charge in [0.25, 0.3) is 0 Å². The first-order valence-corrected chi connectivity index (χ1v) is 9.46. The van der Waals surface area contributed by atoms with Crippen LogP contribution in [0, 0.1) is 0 Å². The van der Waals surface area contributed by atoms with Gasteiger partial charge in [0.05, 0.1) is 5.39 Å².